The summed E-state index contributed by atoms with van der Waals surface area (Å²) in [6.45, 7) is 5.03. The number of hydrogen-bond acceptors (Lipinski definition) is 10. The van der Waals surface area contributed by atoms with Gasteiger partial charge in [0.05, 0.1) is 32.4 Å². The van der Waals surface area contributed by atoms with Crippen LogP contribution in [0.15, 0.2) is 28.5 Å². The van der Waals surface area contributed by atoms with Crippen molar-refractivity contribution >= 4 is 17.5 Å². The molecule has 1 fully saturated rings. The summed E-state index contributed by atoms with van der Waals surface area (Å²) in [6, 6.07) is 2.37. The van der Waals surface area contributed by atoms with Gasteiger partial charge in [-0.2, -0.15) is 5.26 Å². The predicted molar refractivity (Wildman–Crippen MR) is 147 cm³/mol. The van der Waals surface area contributed by atoms with Crippen LogP contribution in [0, 0.1) is 18.3 Å². The maximum atomic E-state index is 13.8. The van der Waals surface area contributed by atoms with Crippen molar-refractivity contribution in [3.63, 3.8) is 0 Å². The highest BCUT2D eigenvalue weighted by atomic mass is 16.7. The molecule has 1 aromatic rings. The highest BCUT2D eigenvalue weighted by molar-refractivity contribution is 6.25. The molecule has 218 valence electrons. The molecule has 1 amide bonds. The number of Topliss-reactive ketones (excluding diaryl/α,β-unsaturated/α-hetero) is 2. The Morgan fingerprint density at radius 1 is 1.10 bits per heavy atom. The number of nitriles is 1. The van der Waals surface area contributed by atoms with E-state index in [1.807, 2.05) is 18.9 Å². The molecule has 1 aromatic carbocycles. The third-order valence-corrected chi connectivity index (χ3v) is 8.91. The molecule has 1 N–H and O–H groups in total. The Balaban J connectivity index is 1.75. The second-order valence-corrected chi connectivity index (χ2v) is 11.0. The number of allylic oxidation sites excluding steroid dienone is 2. The number of likely N-dealkylation sites (N-methyl/N-ethyl adjacent to an activating group) is 1. The Morgan fingerprint density at radius 3 is 2.44 bits per heavy atom. The Kier molecular flexibility index (Phi) is 7.68. The molecule has 5 rings (SSSR count). The van der Waals surface area contributed by atoms with E-state index in [0.29, 0.717) is 29.1 Å². The summed E-state index contributed by atoms with van der Waals surface area (Å²) in [5, 5.41) is 13.4. The molecule has 0 saturated carbocycles. The number of methoxy groups -OCH3 is 3. The summed E-state index contributed by atoms with van der Waals surface area (Å²) in [7, 11) is 6.50. The van der Waals surface area contributed by atoms with E-state index in [0.717, 1.165) is 16.7 Å². The number of piperazine rings is 1. The van der Waals surface area contributed by atoms with E-state index in [-0.39, 0.29) is 66.7 Å². The van der Waals surface area contributed by atoms with E-state index in [9.17, 15) is 19.6 Å². The topological polar surface area (TPSA) is 130 Å². The first-order chi connectivity index (χ1) is 19.6. The second-order valence-electron chi connectivity index (χ2n) is 11.0. The zero-order chi connectivity index (χ0) is 29.7. The monoisotopic (exact) mass is 564 g/mol. The van der Waals surface area contributed by atoms with Crippen molar-refractivity contribution in [2.45, 2.75) is 63.8 Å². The lowest BCUT2D eigenvalue weighted by atomic mass is 9.69. The van der Waals surface area contributed by atoms with Crippen molar-refractivity contribution in [3.05, 3.63) is 45.2 Å². The largest absolute Gasteiger partial charge is 0.493 e. The molecule has 4 aliphatic rings. The van der Waals surface area contributed by atoms with Crippen LogP contribution < -0.4 is 14.8 Å². The van der Waals surface area contributed by atoms with Gasteiger partial charge in [0, 0.05) is 54.9 Å². The minimum atomic E-state index is -0.706. The molecular weight excluding hydrogens is 528 g/mol. The number of amides is 1. The van der Waals surface area contributed by atoms with Crippen molar-refractivity contribution in [1.82, 2.24) is 15.1 Å². The minimum absolute atomic E-state index is 0.00339. The standard InChI is InChI=1S/C30H36N4O7/c1-14-8-17-9-19-21(11-31)34-20(25(33(19)4)23(17)30(28(14)39-6)41-13-38-5)10-18-24(22(34)12-32-16(3)35)27(37)29(40-7)15(2)26(18)36/h8,19-22,25H,9-10,12-13H2,1-7H3,(H,32,35)/t19?,20-,21-,22?,25?/m0/s1. The number of benzene rings is 1. The van der Waals surface area contributed by atoms with Gasteiger partial charge in [-0.05, 0) is 44.9 Å². The normalized spacial score (nSPS) is 27.5. The fourth-order valence-corrected chi connectivity index (χ4v) is 7.29. The van der Waals surface area contributed by atoms with Crippen molar-refractivity contribution in [2.75, 3.05) is 41.7 Å². The SMILES string of the molecule is COCOc1c(OC)c(C)cc2c1C1[C@@H]3CC4=C(C(=O)C(OC)=C(C)C4=O)C(CNC(C)=O)N3[C@@H](C#N)C(C2)N1C. The average Bonchev–Trinajstić information content (AvgIpc) is 2.93. The van der Waals surface area contributed by atoms with Gasteiger partial charge < -0.3 is 24.3 Å². The molecule has 0 radical (unpaired) electrons. The zero-order valence-electron chi connectivity index (χ0n) is 24.5. The lowest BCUT2D eigenvalue weighted by Gasteiger charge is -2.60. The van der Waals surface area contributed by atoms with E-state index in [2.05, 4.69) is 22.4 Å². The van der Waals surface area contributed by atoms with E-state index < -0.39 is 12.1 Å². The van der Waals surface area contributed by atoms with Gasteiger partial charge in [-0.1, -0.05) is 6.07 Å². The van der Waals surface area contributed by atoms with Gasteiger partial charge in [0.15, 0.2) is 29.8 Å². The number of ether oxygens (including phenoxy) is 4. The molecule has 5 atom stereocenters. The molecule has 1 saturated heterocycles. The Morgan fingerprint density at radius 2 is 1.83 bits per heavy atom. The lowest BCUT2D eigenvalue weighted by Crippen LogP contribution is -2.71. The Labute approximate surface area is 239 Å². The first-order valence-corrected chi connectivity index (χ1v) is 13.6. The number of fused-ring (bicyclic) bond motifs is 6. The summed E-state index contributed by atoms with van der Waals surface area (Å²) in [5.74, 6) is 0.262. The second kappa shape index (κ2) is 10.9. The first kappa shape index (κ1) is 28.8. The van der Waals surface area contributed by atoms with Crippen LogP contribution in [0.1, 0.15) is 43.0 Å². The maximum Gasteiger partial charge on any atom is 0.226 e. The van der Waals surface area contributed by atoms with Crippen molar-refractivity contribution in [3.8, 4) is 17.6 Å². The number of nitrogens with zero attached hydrogens (tertiary/aromatic N) is 3. The summed E-state index contributed by atoms with van der Waals surface area (Å²) >= 11 is 0. The number of nitrogens with one attached hydrogen (secondary N) is 1. The van der Waals surface area contributed by atoms with E-state index in [4.69, 9.17) is 18.9 Å². The minimum Gasteiger partial charge on any atom is -0.493 e. The fourth-order valence-electron chi connectivity index (χ4n) is 7.29. The maximum absolute atomic E-state index is 13.8. The van der Waals surface area contributed by atoms with Gasteiger partial charge >= 0.3 is 0 Å². The van der Waals surface area contributed by atoms with Gasteiger partial charge in [-0.3, -0.25) is 24.2 Å². The third kappa shape index (κ3) is 4.33. The van der Waals surface area contributed by atoms with E-state index in [1.165, 1.54) is 14.0 Å². The Hall–Kier alpha value is -3.72. The number of ketones is 2. The fraction of sp³-hybridized carbons (Fsp3) is 0.533. The van der Waals surface area contributed by atoms with Crippen LogP contribution in [-0.2, 0) is 30.3 Å². The molecule has 2 bridgehead atoms. The molecule has 11 nitrogen and oxygen atoms in total. The van der Waals surface area contributed by atoms with Crippen LogP contribution in [-0.4, -0.2) is 93.2 Å². The lowest BCUT2D eigenvalue weighted by molar-refractivity contribution is -0.124. The molecule has 3 aliphatic heterocycles. The van der Waals surface area contributed by atoms with E-state index >= 15 is 0 Å². The molecule has 3 heterocycles. The number of aryl methyl sites for hydroxylation is 1. The molecule has 0 aromatic heterocycles. The number of carbonyl (C=O) groups excluding carboxylic acids is 3. The summed E-state index contributed by atoms with van der Waals surface area (Å²) in [4.78, 5) is 43.9. The summed E-state index contributed by atoms with van der Waals surface area (Å²) in [5.41, 5.74) is 3.82. The highest BCUT2D eigenvalue weighted by Gasteiger charge is 2.58. The summed E-state index contributed by atoms with van der Waals surface area (Å²) < 4.78 is 22.6. The van der Waals surface area contributed by atoms with Crippen LogP contribution in [0.2, 0.25) is 0 Å². The molecular formula is C30H36N4O7. The Bertz CT molecular complexity index is 1420. The van der Waals surface area contributed by atoms with E-state index in [1.54, 1.807) is 21.1 Å². The van der Waals surface area contributed by atoms with Gasteiger partial charge in [0.2, 0.25) is 11.7 Å². The first-order valence-electron chi connectivity index (χ1n) is 13.6. The molecule has 3 unspecified atom stereocenters. The van der Waals surface area contributed by atoms with Crippen LogP contribution in [0.5, 0.6) is 11.5 Å². The van der Waals surface area contributed by atoms with Gasteiger partial charge in [-0.15, -0.1) is 0 Å². The quantitative estimate of drug-likeness (QED) is 0.386. The highest BCUT2D eigenvalue weighted by Crippen LogP contribution is 2.54. The van der Waals surface area contributed by atoms with Crippen LogP contribution in [0.4, 0.5) is 0 Å². The third-order valence-electron chi connectivity index (χ3n) is 8.91. The average molecular weight is 565 g/mol. The van der Waals surface area contributed by atoms with Gasteiger partial charge in [0.25, 0.3) is 0 Å². The zero-order valence-corrected chi connectivity index (χ0v) is 24.5. The van der Waals surface area contributed by atoms with Crippen molar-refractivity contribution in [2.24, 2.45) is 0 Å². The molecule has 41 heavy (non-hydrogen) atoms. The molecule has 11 heteroatoms. The molecule has 1 aliphatic carbocycles. The van der Waals surface area contributed by atoms with Crippen molar-refractivity contribution < 1.29 is 33.3 Å². The number of carbonyl (C=O) groups is 3. The molecule has 0 spiro atoms. The number of rotatable bonds is 7. The van der Waals surface area contributed by atoms with Crippen LogP contribution in [0.3, 0.4) is 0 Å². The number of hydrogen-bond donors (Lipinski definition) is 1. The summed E-state index contributed by atoms with van der Waals surface area (Å²) in [6.07, 6.45) is 0.802. The van der Waals surface area contributed by atoms with Crippen molar-refractivity contribution in [1.29, 1.82) is 5.26 Å². The van der Waals surface area contributed by atoms with Gasteiger partial charge in [0.1, 0.15) is 6.04 Å². The van der Waals surface area contributed by atoms with Crippen LogP contribution >= 0.6 is 0 Å². The van der Waals surface area contributed by atoms with Crippen LogP contribution in [0.25, 0.3) is 0 Å². The smallest absolute Gasteiger partial charge is 0.226 e. The van der Waals surface area contributed by atoms with Gasteiger partial charge in [-0.25, -0.2) is 0 Å². The predicted octanol–water partition coefficient (Wildman–Crippen LogP) is 1.74.